The van der Waals surface area contributed by atoms with Gasteiger partial charge in [0.05, 0.1) is 11.6 Å². The zero-order chi connectivity index (χ0) is 14.8. The Morgan fingerprint density at radius 2 is 2.00 bits per heavy atom. The molecule has 21 heavy (non-hydrogen) atoms. The Kier molecular flexibility index (Phi) is 3.64. The van der Waals surface area contributed by atoms with Gasteiger partial charge >= 0.3 is 0 Å². The van der Waals surface area contributed by atoms with Crippen LogP contribution in [0, 0.1) is 5.92 Å². The lowest BCUT2D eigenvalue weighted by atomic mass is 9.79. The number of carbonyl (C=O) groups excluding carboxylic acids is 1. The molecule has 1 N–H and O–H groups in total. The molecule has 0 aliphatic heterocycles. The second-order valence-corrected chi connectivity index (χ2v) is 5.65. The molecule has 0 saturated heterocycles. The number of pyridine rings is 1. The third-order valence-electron chi connectivity index (χ3n) is 3.78. The van der Waals surface area contributed by atoms with Gasteiger partial charge < -0.3 is 5.32 Å². The molecule has 108 valence electrons. The first kappa shape index (κ1) is 13.7. The molecule has 0 fully saturated rings. The van der Waals surface area contributed by atoms with E-state index >= 15 is 0 Å². The molecule has 1 unspecified atom stereocenters. The van der Waals surface area contributed by atoms with Crippen molar-refractivity contribution in [1.29, 1.82) is 0 Å². The van der Waals surface area contributed by atoms with E-state index in [4.69, 9.17) is 0 Å². The minimum absolute atomic E-state index is 0.116. The molecule has 0 saturated carbocycles. The minimum Gasteiger partial charge on any atom is -0.324 e. The highest BCUT2D eigenvalue weighted by atomic mass is 16.1. The van der Waals surface area contributed by atoms with Gasteiger partial charge in [-0.2, -0.15) is 0 Å². The lowest BCUT2D eigenvalue weighted by Gasteiger charge is -2.26. The summed E-state index contributed by atoms with van der Waals surface area (Å²) in [6.07, 6.45) is 6.60. The van der Waals surface area contributed by atoms with Gasteiger partial charge in [-0.1, -0.05) is 13.8 Å². The number of Topliss-reactive ketones (excluding diaryl/α,β-unsaturated/α-hetero) is 1. The molecule has 0 aromatic carbocycles. The highest BCUT2D eigenvalue weighted by Crippen LogP contribution is 2.33. The summed E-state index contributed by atoms with van der Waals surface area (Å²) in [6, 6.07) is 3.71. The normalized spacial score (nSPS) is 17.7. The molecular formula is C16H18N4O. The summed E-state index contributed by atoms with van der Waals surface area (Å²) in [4.78, 5) is 25.1. The van der Waals surface area contributed by atoms with Crippen molar-refractivity contribution in [2.45, 2.75) is 32.6 Å². The van der Waals surface area contributed by atoms with Crippen LogP contribution in [0.4, 0.5) is 11.6 Å². The average Bonchev–Trinajstić information content (AvgIpc) is 2.47. The van der Waals surface area contributed by atoms with Crippen molar-refractivity contribution < 1.29 is 4.79 Å². The molecule has 2 aromatic rings. The van der Waals surface area contributed by atoms with E-state index < -0.39 is 0 Å². The maximum Gasteiger partial charge on any atom is 0.227 e. The van der Waals surface area contributed by atoms with Crippen molar-refractivity contribution >= 4 is 17.4 Å². The van der Waals surface area contributed by atoms with Gasteiger partial charge in [0.25, 0.3) is 0 Å². The van der Waals surface area contributed by atoms with Crippen LogP contribution in [0.3, 0.4) is 0 Å². The number of aromatic nitrogens is 3. The molecule has 2 aromatic heterocycles. The van der Waals surface area contributed by atoms with Gasteiger partial charge in [0.15, 0.2) is 0 Å². The lowest BCUT2D eigenvalue weighted by molar-refractivity contribution is -0.121. The van der Waals surface area contributed by atoms with Crippen LogP contribution in [-0.2, 0) is 11.2 Å². The number of nitrogens with zero attached hydrogens (tertiary/aromatic N) is 3. The number of carbonyl (C=O) groups is 1. The molecule has 0 radical (unpaired) electrons. The topological polar surface area (TPSA) is 67.8 Å². The molecule has 1 atom stereocenters. The maximum absolute atomic E-state index is 12.2. The Hall–Kier alpha value is -2.30. The number of anilines is 2. The van der Waals surface area contributed by atoms with Gasteiger partial charge in [0, 0.05) is 30.7 Å². The SMILES string of the molecule is CC(C)C1C(=O)CCc2cnc(Nc3ccncc3)nc21. The van der Waals surface area contributed by atoms with Gasteiger partial charge in [0.2, 0.25) is 5.95 Å². The van der Waals surface area contributed by atoms with Gasteiger partial charge in [-0.05, 0) is 30.0 Å². The molecule has 5 nitrogen and oxygen atoms in total. The molecule has 0 spiro atoms. The smallest absolute Gasteiger partial charge is 0.227 e. The number of rotatable bonds is 3. The van der Waals surface area contributed by atoms with E-state index in [0.717, 1.165) is 23.4 Å². The van der Waals surface area contributed by atoms with Crippen LogP contribution in [0.2, 0.25) is 0 Å². The maximum atomic E-state index is 12.2. The second kappa shape index (κ2) is 5.60. The highest BCUT2D eigenvalue weighted by Gasteiger charge is 2.31. The fourth-order valence-corrected chi connectivity index (χ4v) is 2.76. The fraction of sp³-hybridized carbons (Fsp3) is 0.375. The summed E-state index contributed by atoms with van der Waals surface area (Å²) in [5, 5.41) is 3.15. The largest absolute Gasteiger partial charge is 0.324 e. The number of hydrogen-bond acceptors (Lipinski definition) is 5. The predicted octanol–water partition coefficient (Wildman–Crippen LogP) is 2.87. The summed E-state index contributed by atoms with van der Waals surface area (Å²) in [6.45, 7) is 4.13. The van der Waals surface area contributed by atoms with Crippen LogP contribution >= 0.6 is 0 Å². The monoisotopic (exact) mass is 282 g/mol. The van der Waals surface area contributed by atoms with Crippen LogP contribution in [0.25, 0.3) is 0 Å². The summed E-state index contributed by atoms with van der Waals surface area (Å²) in [5.41, 5.74) is 2.86. The van der Waals surface area contributed by atoms with Crippen LogP contribution < -0.4 is 5.32 Å². The van der Waals surface area contributed by atoms with Crippen molar-refractivity contribution in [3.8, 4) is 0 Å². The molecule has 3 rings (SSSR count). The fourth-order valence-electron chi connectivity index (χ4n) is 2.76. The Labute approximate surface area is 123 Å². The zero-order valence-corrected chi connectivity index (χ0v) is 12.2. The van der Waals surface area contributed by atoms with Gasteiger partial charge in [-0.3, -0.25) is 9.78 Å². The average molecular weight is 282 g/mol. The van der Waals surface area contributed by atoms with Crippen molar-refractivity contribution in [2.75, 3.05) is 5.32 Å². The Balaban J connectivity index is 1.94. The lowest BCUT2D eigenvalue weighted by Crippen LogP contribution is -2.26. The van der Waals surface area contributed by atoms with Gasteiger partial charge in [0.1, 0.15) is 5.78 Å². The molecule has 0 bridgehead atoms. The van der Waals surface area contributed by atoms with Crippen LogP contribution in [0.5, 0.6) is 0 Å². The first-order valence-electron chi connectivity index (χ1n) is 7.20. The highest BCUT2D eigenvalue weighted by molar-refractivity contribution is 5.87. The molecular weight excluding hydrogens is 264 g/mol. The van der Waals surface area contributed by atoms with E-state index in [0.29, 0.717) is 12.4 Å². The number of hydrogen-bond donors (Lipinski definition) is 1. The van der Waals surface area contributed by atoms with Crippen molar-refractivity contribution in [3.63, 3.8) is 0 Å². The zero-order valence-electron chi connectivity index (χ0n) is 12.2. The van der Waals surface area contributed by atoms with E-state index in [-0.39, 0.29) is 17.6 Å². The molecule has 2 heterocycles. The summed E-state index contributed by atoms with van der Waals surface area (Å²) in [5.74, 6) is 0.946. The van der Waals surface area contributed by atoms with E-state index in [1.54, 1.807) is 12.4 Å². The predicted molar refractivity (Wildman–Crippen MR) is 80.5 cm³/mol. The minimum atomic E-state index is -0.116. The van der Waals surface area contributed by atoms with Crippen molar-refractivity contribution in [2.24, 2.45) is 5.92 Å². The summed E-state index contributed by atoms with van der Waals surface area (Å²) >= 11 is 0. The number of ketones is 1. The molecule has 1 aliphatic rings. The number of fused-ring (bicyclic) bond motifs is 1. The Bertz CT molecular complexity index is 655. The Morgan fingerprint density at radius 3 is 2.71 bits per heavy atom. The second-order valence-electron chi connectivity index (χ2n) is 5.65. The quantitative estimate of drug-likeness (QED) is 0.937. The third-order valence-corrected chi connectivity index (χ3v) is 3.78. The third kappa shape index (κ3) is 2.77. The molecule has 5 heteroatoms. The van der Waals surface area contributed by atoms with Crippen molar-refractivity contribution in [3.05, 3.63) is 42.0 Å². The van der Waals surface area contributed by atoms with Gasteiger partial charge in [-0.25, -0.2) is 9.97 Å². The van der Waals surface area contributed by atoms with E-state index in [2.05, 4.69) is 34.1 Å². The summed E-state index contributed by atoms with van der Waals surface area (Å²) in [7, 11) is 0. The number of nitrogens with one attached hydrogen (secondary N) is 1. The first-order valence-corrected chi connectivity index (χ1v) is 7.20. The van der Waals surface area contributed by atoms with E-state index in [1.807, 2.05) is 18.3 Å². The number of aryl methyl sites for hydroxylation is 1. The Morgan fingerprint density at radius 1 is 1.24 bits per heavy atom. The standard InChI is InChI=1S/C16H18N4O/c1-10(2)14-13(21)4-3-11-9-18-16(20-15(11)14)19-12-5-7-17-8-6-12/h5-10,14H,3-4H2,1-2H3,(H,17,18,19,20). The molecule has 0 amide bonds. The van der Waals surface area contributed by atoms with E-state index in [9.17, 15) is 4.79 Å². The van der Waals surface area contributed by atoms with Crippen LogP contribution in [0.1, 0.15) is 37.4 Å². The van der Waals surface area contributed by atoms with Crippen LogP contribution in [-0.4, -0.2) is 20.7 Å². The van der Waals surface area contributed by atoms with Crippen LogP contribution in [0.15, 0.2) is 30.7 Å². The van der Waals surface area contributed by atoms with E-state index in [1.165, 1.54) is 0 Å². The van der Waals surface area contributed by atoms with Gasteiger partial charge in [-0.15, -0.1) is 0 Å². The molecule has 1 aliphatic carbocycles. The van der Waals surface area contributed by atoms with Crippen molar-refractivity contribution in [1.82, 2.24) is 15.0 Å². The summed E-state index contributed by atoms with van der Waals surface area (Å²) < 4.78 is 0. The first-order chi connectivity index (χ1) is 10.1.